The summed E-state index contributed by atoms with van der Waals surface area (Å²) in [4.78, 5) is 16.3. The molecule has 0 saturated carbocycles. The third-order valence-corrected chi connectivity index (χ3v) is 4.54. The van der Waals surface area contributed by atoms with Crippen molar-refractivity contribution in [2.24, 2.45) is 10.1 Å². The van der Waals surface area contributed by atoms with Gasteiger partial charge in [-0.3, -0.25) is 10.2 Å². The maximum atomic E-state index is 12.2. The Bertz CT molecular complexity index is 924. The maximum Gasteiger partial charge on any atom is 0.283 e. The molecule has 2 aromatic rings. The number of rotatable bonds is 2. The SMILES string of the molecule is Cc1ccc(C2=NN3C(=N)/C(=C\c4ccco4)C(=O)N=C3S2)cc1. The van der Waals surface area contributed by atoms with Gasteiger partial charge in [0.1, 0.15) is 10.8 Å². The number of fused-ring (bicyclic) bond motifs is 1. The summed E-state index contributed by atoms with van der Waals surface area (Å²) in [6, 6.07) is 11.4. The minimum absolute atomic E-state index is 0.00369. The van der Waals surface area contributed by atoms with Crippen LogP contribution in [0.15, 0.2) is 62.7 Å². The van der Waals surface area contributed by atoms with Crippen LogP contribution in [0.1, 0.15) is 16.9 Å². The van der Waals surface area contributed by atoms with Gasteiger partial charge in [0.25, 0.3) is 5.91 Å². The topological polar surface area (TPSA) is 82.0 Å². The highest BCUT2D eigenvalue weighted by Gasteiger charge is 2.36. The predicted octanol–water partition coefficient (Wildman–Crippen LogP) is 3.26. The number of thioether (sulfide) groups is 1. The summed E-state index contributed by atoms with van der Waals surface area (Å²) in [5.41, 5.74) is 2.24. The van der Waals surface area contributed by atoms with E-state index in [1.54, 1.807) is 12.1 Å². The first kappa shape index (κ1) is 14.6. The summed E-state index contributed by atoms with van der Waals surface area (Å²) in [6.45, 7) is 2.01. The smallest absolute Gasteiger partial charge is 0.283 e. The van der Waals surface area contributed by atoms with Gasteiger partial charge in [0.15, 0.2) is 5.84 Å². The molecule has 24 heavy (non-hydrogen) atoms. The largest absolute Gasteiger partial charge is 0.465 e. The monoisotopic (exact) mass is 336 g/mol. The van der Waals surface area contributed by atoms with Crippen LogP contribution < -0.4 is 0 Å². The Morgan fingerprint density at radius 2 is 2.04 bits per heavy atom. The highest BCUT2D eigenvalue weighted by Crippen LogP contribution is 2.30. The molecule has 0 unspecified atom stereocenters. The molecule has 3 heterocycles. The van der Waals surface area contributed by atoms with Gasteiger partial charge in [0.05, 0.1) is 11.8 Å². The number of nitrogens with one attached hydrogen (secondary N) is 1. The van der Waals surface area contributed by atoms with E-state index in [1.165, 1.54) is 29.1 Å². The van der Waals surface area contributed by atoms with Gasteiger partial charge in [0.2, 0.25) is 5.17 Å². The molecule has 4 rings (SSSR count). The van der Waals surface area contributed by atoms with Crippen LogP contribution in [-0.2, 0) is 4.79 Å². The lowest BCUT2D eigenvalue weighted by atomic mass is 10.1. The van der Waals surface area contributed by atoms with Crippen molar-refractivity contribution < 1.29 is 9.21 Å². The number of hydrazone groups is 1. The molecule has 1 amide bonds. The number of carbonyl (C=O) groups excluding carboxylic acids is 1. The van der Waals surface area contributed by atoms with Crippen molar-refractivity contribution in [3.05, 3.63) is 65.1 Å². The average Bonchev–Trinajstić information content (AvgIpc) is 3.21. The van der Waals surface area contributed by atoms with Crippen molar-refractivity contribution >= 4 is 39.8 Å². The van der Waals surface area contributed by atoms with Gasteiger partial charge in [-0.2, -0.15) is 15.1 Å². The summed E-state index contributed by atoms with van der Waals surface area (Å²) >= 11 is 1.28. The molecule has 0 bridgehead atoms. The molecule has 0 aliphatic carbocycles. The Hall–Kier alpha value is -2.93. The van der Waals surface area contributed by atoms with Crippen molar-refractivity contribution in [1.29, 1.82) is 5.41 Å². The van der Waals surface area contributed by atoms with Gasteiger partial charge in [-0.15, -0.1) is 0 Å². The van der Waals surface area contributed by atoms with Gasteiger partial charge in [-0.05, 0) is 36.9 Å². The number of aryl methyl sites for hydroxylation is 1. The molecule has 0 atom stereocenters. The Morgan fingerprint density at radius 1 is 1.25 bits per heavy atom. The second kappa shape index (κ2) is 5.61. The lowest BCUT2D eigenvalue weighted by Crippen LogP contribution is -2.35. The molecule has 2 aliphatic rings. The molecule has 0 radical (unpaired) electrons. The molecule has 2 aliphatic heterocycles. The molecule has 6 nitrogen and oxygen atoms in total. The number of aliphatic imine (C=N–C) groups is 1. The number of hydrogen-bond acceptors (Lipinski definition) is 5. The highest BCUT2D eigenvalue weighted by atomic mass is 32.2. The molecule has 1 aromatic heterocycles. The number of hydrogen-bond donors (Lipinski definition) is 1. The van der Waals surface area contributed by atoms with Crippen LogP contribution in [0.4, 0.5) is 0 Å². The lowest BCUT2D eigenvalue weighted by Gasteiger charge is -2.19. The summed E-state index contributed by atoms with van der Waals surface area (Å²) in [5, 5.41) is 15.2. The molecule has 0 fully saturated rings. The molecule has 118 valence electrons. The Balaban J connectivity index is 1.70. The van der Waals surface area contributed by atoms with Crippen molar-refractivity contribution in [2.75, 3.05) is 0 Å². The molecule has 1 aromatic carbocycles. The van der Waals surface area contributed by atoms with E-state index in [4.69, 9.17) is 9.83 Å². The Morgan fingerprint density at radius 3 is 2.75 bits per heavy atom. The fraction of sp³-hybridized carbons (Fsp3) is 0.0588. The average molecular weight is 336 g/mol. The Kier molecular flexibility index (Phi) is 3.42. The zero-order valence-corrected chi connectivity index (χ0v) is 13.5. The minimum Gasteiger partial charge on any atom is -0.465 e. The fourth-order valence-corrected chi connectivity index (χ4v) is 3.22. The second-order valence-electron chi connectivity index (χ2n) is 5.31. The van der Waals surface area contributed by atoms with Gasteiger partial charge in [-0.25, -0.2) is 0 Å². The maximum absolute atomic E-state index is 12.2. The van der Waals surface area contributed by atoms with Gasteiger partial charge >= 0.3 is 0 Å². The normalized spacial score (nSPS) is 18.7. The van der Waals surface area contributed by atoms with E-state index < -0.39 is 5.91 Å². The molecule has 0 spiro atoms. The van der Waals surface area contributed by atoms with Gasteiger partial charge in [0, 0.05) is 5.56 Å². The first-order chi connectivity index (χ1) is 11.6. The van der Waals surface area contributed by atoms with Crippen LogP contribution in [0.25, 0.3) is 6.08 Å². The predicted molar refractivity (Wildman–Crippen MR) is 94.0 cm³/mol. The van der Waals surface area contributed by atoms with Gasteiger partial charge in [-0.1, -0.05) is 29.8 Å². The summed E-state index contributed by atoms with van der Waals surface area (Å²) in [5.74, 6) is 0.0304. The van der Waals surface area contributed by atoms with Gasteiger partial charge < -0.3 is 4.42 Å². The van der Waals surface area contributed by atoms with Crippen molar-refractivity contribution in [3.8, 4) is 0 Å². The van der Waals surface area contributed by atoms with Crippen LogP contribution in [0.3, 0.4) is 0 Å². The lowest BCUT2D eigenvalue weighted by molar-refractivity contribution is -0.114. The fourth-order valence-electron chi connectivity index (χ4n) is 2.32. The first-order valence-electron chi connectivity index (χ1n) is 7.22. The highest BCUT2D eigenvalue weighted by molar-refractivity contribution is 8.27. The zero-order chi connectivity index (χ0) is 16.7. The zero-order valence-electron chi connectivity index (χ0n) is 12.7. The van der Waals surface area contributed by atoms with Crippen molar-refractivity contribution in [3.63, 3.8) is 0 Å². The second-order valence-corrected chi connectivity index (χ2v) is 6.26. The number of carbonyl (C=O) groups is 1. The standard InChI is InChI=1S/C17H12N4O2S/c1-10-4-6-11(7-5-10)16-20-21-14(18)13(9-12-3-2-8-23-12)15(22)19-17(21)24-16/h2-9,18H,1H3/b13-9+,18-14?. The number of amides is 1. The van der Waals surface area contributed by atoms with Crippen LogP contribution in [0, 0.1) is 12.3 Å². The molecule has 0 saturated heterocycles. The van der Waals surface area contributed by atoms with E-state index in [0.29, 0.717) is 16.0 Å². The number of furan rings is 1. The van der Waals surface area contributed by atoms with Crippen molar-refractivity contribution in [1.82, 2.24) is 5.01 Å². The van der Waals surface area contributed by atoms with Crippen LogP contribution >= 0.6 is 11.8 Å². The Labute approximate surface area is 142 Å². The van der Waals surface area contributed by atoms with Crippen LogP contribution in [0.2, 0.25) is 0 Å². The molecular formula is C17H12N4O2S. The molecule has 1 N–H and O–H groups in total. The van der Waals surface area contributed by atoms with E-state index in [1.807, 2.05) is 31.2 Å². The van der Waals surface area contributed by atoms with E-state index in [-0.39, 0.29) is 11.4 Å². The minimum atomic E-state index is -0.462. The van der Waals surface area contributed by atoms with Crippen LogP contribution in [-0.4, -0.2) is 27.0 Å². The molecular weight excluding hydrogens is 324 g/mol. The number of amidine groups is 2. The molecule has 7 heteroatoms. The van der Waals surface area contributed by atoms with Crippen molar-refractivity contribution in [2.45, 2.75) is 6.92 Å². The third kappa shape index (κ3) is 2.48. The summed E-state index contributed by atoms with van der Waals surface area (Å²) in [7, 11) is 0. The first-order valence-corrected chi connectivity index (χ1v) is 8.04. The summed E-state index contributed by atoms with van der Waals surface area (Å²) in [6.07, 6.45) is 3.02. The summed E-state index contributed by atoms with van der Waals surface area (Å²) < 4.78 is 5.21. The number of nitrogens with zero attached hydrogens (tertiary/aromatic N) is 3. The number of benzene rings is 1. The third-order valence-electron chi connectivity index (χ3n) is 3.58. The quantitative estimate of drug-likeness (QED) is 0.854. The van der Waals surface area contributed by atoms with E-state index in [9.17, 15) is 4.79 Å². The van der Waals surface area contributed by atoms with E-state index in [0.717, 1.165) is 11.1 Å². The van der Waals surface area contributed by atoms with E-state index >= 15 is 0 Å². The van der Waals surface area contributed by atoms with E-state index in [2.05, 4.69) is 10.1 Å². The van der Waals surface area contributed by atoms with Crippen LogP contribution in [0.5, 0.6) is 0 Å².